The number of para-hydroxylation sites is 1. The predicted octanol–water partition coefficient (Wildman–Crippen LogP) is 1.88. The number of aromatic nitrogens is 1. The molecule has 0 aliphatic carbocycles. The Morgan fingerprint density at radius 1 is 1.32 bits per heavy atom. The van der Waals surface area contributed by atoms with E-state index in [-0.39, 0.29) is 0 Å². The summed E-state index contributed by atoms with van der Waals surface area (Å²) in [5.41, 5.74) is 8.86. The van der Waals surface area contributed by atoms with Crippen LogP contribution in [0.1, 0.15) is 21.6 Å². The smallest absolute Gasteiger partial charge is 0.252 e. The van der Waals surface area contributed by atoms with Gasteiger partial charge >= 0.3 is 0 Å². The number of halogens is 1. The number of amides is 1. The van der Waals surface area contributed by atoms with Gasteiger partial charge < -0.3 is 15.6 Å². The number of hydrogen-bond donors (Lipinski definition) is 2. The zero-order valence-electron chi connectivity index (χ0n) is 10.3. The number of fused-ring (bicyclic) bond motifs is 1. The minimum absolute atomic E-state index is 0.410. The highest BCUT2D eigenvalue weighted by atomic mass is 35.5. The standard InChI is InChI=1S/C14H14ClN3O/c15-13-12(14(16)19)10-8-17-7-6-11(10)18(13)9-4-2-1-3-5-9/h1-5,17H,6-8H2,(H2,16,19). The van der Waals surface area contributed by atoms with Gasteiger partial charge in [-0.25, -0.2) is 0 Å². The van der Waals surface area contributed by atoms with Gasteiger partial charge in [0, 0.05) is 36.5 Å². The largest absolute Gasteiger partial charge is 0.365 e. The molecule has 0 saturated heterocycles. The Kier molecular flexibility index (Phi) is 3.05. The monoisotopic (exact) mass is 275 g/mol. The summed E-state index contributed by atoms with van der Waals surface area (Å²) in [6.45, 7) is 1.51. The fourth-order valence-corrected chi connectivity index (χ4v) is 3.01. The van der Waals surface area contributed by atoms with Crippen LogP contribution in [0, 0.1) is 0 Å². The van der Waals surface area contributed by atoms with Gasteiger partial charge in [-0.05, 0) is 12.1 Å². The second kappa shape index (κ2) is 4.72. The van der Waals surface area contributed by atoms with Crippen LogP contribution in [0.15, 0.2) is 30.3 Å². The third kappa shape index (κ3) is 1.93. The molecule has 1 aromatic heterocycles. The van der Waals surface area contributed by atoms with E-state index in [0.29, 0.717) is 17.3 Å². The highest BCUT2D eigenvalue weighted by Crippen LogP contribution is 2.32. The second-order valence-corrected chi connectivity index (χ2v) is 4.91. The van der Waals surface area contributed by atoms with Crippen LogP contribution >= 0.6 is 11.6 Å². The quantitative estimate of drug-likeness (QED) is 0.879. The van der Waals surface area contributed by atoms with Crippen LogP contribution in [0.4, 0.5) is 0 Å². The highest BCUT2D eigenvalue weighted by molar-refractivity contribution is 6.33. The van der Waals surface area contributed by atoms with E-state index in [1.54, 1.807) is 0 Å². The van der Waals surface area contributed by atoms with E-state index in [4.69, 9.17) is 17.3 Å². The third-order valence-electron chi connectivity index (χ3n) is 3.42. The summed E-state index contributed by atoms with van der Waals surface area (Å²) in [5.74, 6) is -0.473. The number of carbonyl (C=O) groups is 1. The van der Waals surface area contributed by atoms with Gasteiger partial charge in [0.25, 0.3) is 5.91 Å². The summed E-state index contributed by atoms with van der Waals surface area (Å²) < 4.78 is 1.93. The maximum atomic E-state index is 11.6. The summed E-state index contributed by atoms with van der Waals surface area (Å²) in [6.07, 6.45) is 0.831. The van der Waals surface area contributed by atoms with Gasteiger partial charge in [0.15, 0.2) is 0 Å². The number of nitrogens with one attached hydrogen (secondary N) is 1. The molecular formula is C14H14ClN3O. The number of hydrogen-bond acceptors (Lipinski definition) is 2. The normalized spacial score (nSPS) is 14.2. The maximum absolute atomic E-state index is 11.6. The maximum Gasteiger partial charge on any atom is 0.252 e. The van der Waals surface area contributed by atoms with E-state index < -0.39 is 5.91 Å². The Hall–Kier alpha value is -1.78. The zero-order chi connectivity index (χ0) is 13.4. The third-order valence-corrected chi connectivity index (χ3v) is 3.78. The van der Waals surface area contributed by atoms with Crippen molar-refractivity contribution in [3.05, 3.63) is 52.3 Å². The Labute approximate surface area is 116 Å². The van der Waals surface area contributed by atoms with Crippen molar-refractivity contribution in [2.45, 2.75) is 13.0 Å². The van der Waals surface area contributed by atoms with Crippen molar-refractivity contribution in [2.75, 3.05) is 6.54 Å². The van der Waals surface area contributed by atoms with Crippen molar-refractivity contribution in [1.29, 1.82) is 0 Å². The molecule has 5 heteroatoms. The molecule has 3 N–H and O–H groups in total. The Morgan fingerprint density at radius 2 is 2.05 bits per heavy atom. The minimum Gasteiger partial charge on any atom is -0.365 e. The van der Waals surface area contributed by atoms with E-state index in [2.05, 4.69) is 5.32 Å². The Balaban J connectivity index is 2.28. The molecule has 1 aromatic carbocycles. The molecule has 2 heterocycles. The lowest BCUT2D eigenvalue weighted by Crippen LogP contribution is -2.26. The second-order valence-electron chi connectivity index (χ2n) is 4.55. The fraction of sp³-hybridized carbons (Fsp3) is 0.214. The highest BCUT2D eigenvalue weighted by Gasteiger charge is 2.27. The van der Waals surface area contributed by atoms with E-state index in [9.17, 15) is 4.79 Å². The molecule has 0 bridgehead atoms. The number of nitrogens with two attached hydrogens (primary N) is 1. The van der Waals surface area contributed by atoms with Gasteiger partial charge in [0.05, 0.1) is 5.56 Å². The molecule has 0 unspecified atom stereocenters. The summed E-state index contributed by atoms with van der Waals surface area (Å²) in [7, 11) is 0. The van der Waals surface area contributed by atoms with Gasteiger partial charge in [-0.3, -0.25) is 4.79 Å². The van der Waals surface area contributed by atoms with Gasteiger partial charge in [-0.15, -0.1) is 0 Å². The molecule has 0 spiro atoms. The first kappa shape index (κ1) is 12.3. The van der Waals surface area contributed by atoms with Crippen LogP contribution in [0.3, 0.4) is 0 Å². The summed E-state index contributed by atoms with van der Waals surface area (Å²) >= 11 is 6.38. The van der Waals surface area contributed by atoms with Gasteiger partial charge in [0.1, 0.15) is 5.15 Å². The molecule has 4 nitrogen and oxygen atoms in total. The first-order valence-electron chi connectivity index (χ1n) is 6.18. The van der Waals surface area contributed by atoms with E-state index in [1.807, 2.05) is 34.9 Å². The molecule has 0 atom stereocenters. The zero-order valence-corrected chi connectivity index (χ0v) is 11.1. The molecule has 0 radical (unpaired) electrons. The average molecular weight is 276 g/mol. The molecule has 1 aliphatic rings. The van der Waals surface area contributed by atoms with Crippen molar-refractivity contribution in [1.82, 2.24) is 9.88 Å². The van der Waals surface area contributed by atoms with Crippen molar-refractivity contribution in [2.24, 2.45) is 5.73 Å². The molecular weight excluding hydrogens is 262 g/mol. The lowest BCUT2D eigenvalue weighted by molar-refractivity contribution is 0.0999. The molecule has 1 aliphatic heterocycles. The van der Waals surface area contributed by atoms with Crippen molar-refractivity contribution in [3.8, 4) is 5.69 Å². The van der Waals surface area contributed by atoms with Crippen LogP contribution in [0.5, 0.6) is 0 Å². The molecule has 3 rings (SSSR count). The van der Waals surface area contributed by atoms with Gasteiger partial charge in [-0.1, -0.05) is 29.8 Å². The van der Waals surface area contributed by atoms with E-state index in [0.717, 1.165) is 29.9 Å². The molecule has 0 fully saturated rings. The lowest BCUT2D eigenvalue weighted by atomic mass is 10.1. The van der Waals surface area contributed by atoms with E-state index >= 15 is 0 Å². The predicted molar refractivity (Wildman–Crippen MR) is 74.7 cm³/mol. The van der Waals surface area contributed by atoms with Crippen LogP contribution < -0.4 is 11.1 Å². The van der Waals surface area contributed by atoms with E-state index in [1.165, 1.54) is 0 Å². The Bertz CT molecular complexity index is 634. The molecule has 98 valence electrons. The molecule has 19 heavy (non-hydrogen) atoms. The average Bonchev–Trinajstić information content (AvgIpc) is 2.71. The Morgan fingerprint density at radius 3 is 2.74 bits per heavy atom. The minimum atomic E-state index is -0.473. The van der Waals surface area contributed by atoms with Crippen molar-refractivity contribution >= 4 is 17.5 Å². The number of carbonyl (C=O) groups excluding carboxylic acids is 1. The van der Waals surface area contributed by atoms with Crippen molar-refractivity contribution in [3.63, 3.8) is 0 Å². The molecule has 2 aromatic rings. The van der Waals surface area contributed by atoms with Gasteiger partial charge in [0.2, 0.25) is 0 Å². The van der Waals surface area contributed by atoms with Crippen LogP contribution in [-0.2, 0) is 13.0 Å². The molecule has 1 amide bonds. The first-order valence-corrected chi connectivity index (χ1v) is 6.56. The van der Waals surface area contributed by atoms with Crippen molar-refractivity contribution < 1.29 is 4.79 Å². The van der Waals surface area contributed by atoms with Crippen LogP contribution in [0.2, 0.25) is 5.15 Å². The number of primary amides is 1. The topological polar surface area (TPSA) is 60.1 Å². The molecule has 0 saturated carbocycles. The number of nitrogens with zero attached hydrogens (tertiary/aromatic N) is 1. The van der Waals surface area contributed by atoms with Gasteiger partial charge in [-0.2, -0.15) is 0 Å². The van der Waals surface area contributed by atoms with Crippen LogP contribution in [-0.4, -0.2) is 17.0 Å². The number of rotatable bonds is 2. The number of benzene rings is 1. The summed E-state index contributed by atoms with van der Waals surface area (Å²) in [6, 6.07) is 9.79. The fourth-order valence-electron chi connectivity index (χ4n) is 2.60. The lowest BCUT2D eigenvalue weighted by Gasteiger charge is -2.17. The first-order chi connectivity index (χ1) is 9.20. The summed E-state index contributed by atoms with van der Waals surface area (Å²) in [5, 5.41) is 3.66. The van der Waals surface area contributed by atoms with Crippen LogP contribution in [0.25, 0.3) is 5.69 Å². The SMILES string of the molecule is NC(=O)c1c2c(n(-c3ccccc3)c1Cl)CCNC2. The summed E-state index contributed by atoms with van der Waals surface area (Å²) in [4.78, 5) is 11.6.